The standard InChI is InChI=1S/C15H12BrN3O2S/c1-19-8-10(14(16)18-19)6-9(7-13(20)21)15-17-11-4-2-3-5-12(11)22-15/h2-6,8H,7H2,1H3,(H,20,21)/b9-6+. The number of benzene rings is 1. The molecule has 5 nitrogen and oxygen atoms in total. The lowest BCUT2D eigenvalue weighted by atomic mass is 10.1. The summed E-state index contributed by atoms with van der Waals surface area (Å²) in [7, 11) is 1.82. The first-order valence-corrected chi connectivity index (χ1v) is 8.11. The molecule has 0 amide bonds. The maximum absolute atomic E-state index is 11.2. The predicted molar refractivity (Wildman–Crippen MR) is 90.7 cm³/mol. The van der Waals surface area contributed by atoms with Crippen LogP contribution in [0.25, 0.3) is 21.9 Å². The fraction of sp³-hybridized carbons (Fsp3) is 0.133. The largest absolute Gasteiger partial charge is 0.481 e. The van der Waals surface area contributed by atoms with E-state index in [1.165, 1.54) is 11.3 Å². The zero-order valence-corrected chi connectivity index (χ0v) is 14.1. The second-order valence-electron chi connectivity index (χ2n) is 4.78. The Morgan fingerprint density at radius 3 is 2.86 bits per heavy atom. The van der Waals surface area contributed by atoms with Crippen molar-refractivity contribution >= 4 is 55.1 Å². The number of fused-ring (bicyclic) bond motifs is 1. The molecule has 0 bridgehead atoms. The zero-order chi connectivity index (χ0) is 15.7. The molecule has 0 unspecified atom stereocenters. The topological polar surface area (TPSA) is 68.0 Å². The number of thiazole rings is 1. The van der Waals surface area contributed by atoms with Gasteiger partial charge in [-0.2, -0.15) is 5.10 Å². The summed E-state index contributed by atoms with van der Waals surface area (Å²) in [6.07, 6.45) is 3.57. The molecule has 0 fully saturated rings. The van der Waals surface area contributed by atoms with E-state index in [4.69, 9.17) is 0 Å². The molecule has 1 aromatic carbocycles. The minimum atomic E-state index is -0.884. The first-order valence-electron chi connectivity index (χ1n) is 6.50. The van der Waals surface area contributed by atoms with Crippen LogP contribution in [-0.2, 0) is 11.8 Å². The third-order valence-electron chi connectivity index (χ3n) is 3.05. The SMILES string of the molecule is Cn1cc(/C=C(\CC(=O)O)c2nc3ccccc3s2)c(Br)n1. The lowest BCUT2D eigenvalue weighted by Crippen LogP contribution is -1.96. The molecule has 3 aromatic rings. The van der Waals surface area contributed by atoms with Crippen LogP contribution in [0.1, 0.15) is 17.0 Å². The first-order chi connectivity index (χ1) is 10.5. The van der Waals surface area contributed by atoms with Crippen LogP contribution < -0.4 is 0 Å². The van der Waals surface area contributed by atoms with Gasteiger partial charge in [-0.25, -0.2) is 4.98 Å². The quantitative estimate of drug-likeness (QED) is 0.750. The maximum Gasteiger partial charge on any atom is 0.307 e. The van der Waals surface area contributed by atoms with Crippen molar-refractivity contribution in [3.05, 3.63) is 45.6 Å². The molecule has 0 aliphatic heterocycles. The molecule has 2 heterocycles. The van der Waals surface area contributed by atoms with Crippen molar-refractivity contribution < 1.29 is 9.90 Å². The van der Waals surface area contributed by atoms with Crippen LogP contribution in [0, 0.1) is 0 Å². The molecule has 2 aromatic heterocycles. The van der Waals surface area contributed by atoms with Gasteiger partial charge in [0, 0.05) is 18.8 Å². The number of hydrogen-bond donors (Lipinski definition) is 1. The van der Waals surface area contributed by atoms with Gasteiger partial charge >= 0.3 is 5.97 Å². The highest BCUT2D eigenvalue weighted by Crippen LogP contribution is 2.31. The monoisotopic (exact) mass is 377 g/mol. The van der Waals surface area contributed by atoms with Crippen molar-refractivity contribution in [3.63, 3.8) is 0 Å². The van der Waals surface area contributed by atoms with E-state index < -0.39 is 5.97 Å². The normalized spacial score (nSPS) is 12.0. The third-order valence-corrected chi connectivity index (χ3v) is 4.78. The molecule has 0 saturated heterocycles. The Balaban J connectivity index is 2.09. The highest BCUT2D eigenvalue weighted by molar-refractivity contribution is 9.10. The molecule has 1 N–H and O–H groups in total. The van der Waals surface area contributed by atoms with E-state index in [2.05, 4.69) is 26.0 Å². The number of rotatable bonds is 4. The van der Waals surface area contributed by atoms with Crippen molar-refractivity contribution in [2.75, 3.05) is 0 Å². The minimum absolute atomic E-state index is 0.0822. The van der Waals surface area contributed by atoms with Crippen LogP contribution in [0.4, 0.5) is 0 Å². The summed E-state index contributed by atoms with van der Waals surface area (Å²) >= 11 is 4.87. The van der Waals surface area contributed by atoms with Crippen LogP contribution >= 0.6 is 27.3 Å². The van der Waals surface area contributed by atoms with Gasteiger partial charge in [-0.1, -0.05) is 12.1 Å². The summed E-state index contributed by atoms with van der Waals surface area (Å²) in [5.41, 5.74) is 2.38. The Kier molecular flexibility index (Phi) is 4.08. The fourth-order valence-electron chi connectivity index (χ4n) is 2.13. The molecule has 0 aliphatic rings. The molecule has 0 spiro atoms. The molecule has 3 rings (SSSR count). The van der Waals surface area contributed by atoms with Gasteiger partial charge < -0.3 is 5.11 Å². The van der Waals surface area contributed by atoms with Gasteiger partial charge in [0.05, 0.1) is 16.6 Å². The summed E-state index contributed by atoms with van der Waals surface area (Å²) in [5, 5.41) is 14.1. The van der Waals surface area contributed by atoms with Crippen molar-refractivity contribution in [3.8, 4) is 0 Å². The summed E-state index contributed by atoms with van der Waals surface area (Å²) < 4.78 is 3.39. The lowest BCUT2D eigenvalue weighted by Gasteiger charge is -2.00. The highest BCUT2D eigenvalue weighted by Gasteiger charge is 2.14. The van der Waals surface area contributed by atoms with Gasteiger partial charge in [0.25, 0.3) is 0 Å². The number of halogens is 1. The first kappa shape index (κ1) is 14.9. The molecule has 0 saturated carbocycles. The van der Waals surface area contributed by atoms with E-state index in [0.29, 0.717) is 10.2 Å². The summed E-state index contributed by atoms with van der Waals surface area (Å²) in [6.45, 7) is 0. The number of aryl methyl sites for hydroxylation is 1. The second kappa shape index (κ2) is 6.02. The number of carbonyl (C=O) groups is 1. The maximum atomic E-state index is 11.2. The molecule has 112 valence electrons. The molecule has 0 radical (unpaired) electrons. The molecule has 7 heteroatoms. The molecule has 0 aliphatic carbocycles. The number of aromatic nitrogens is 3. The average Bonchev–Trinajstić information content (AvgIpc) is 3.01. The summed E-state index contributed by atoms with van der Waals surface area (Å²) in [6, 6.07) is 7.77. The lowest BCUT2D eigenvalue weighted by molar-refractivity contribution is -0.135. The Morgan fingerprint density at radius 1 is 1.45 bits per heavy atom. The van der Waals surface area contributed by atoms with Gasteiger partial charge in [-0.05, 0) is 39.7 Å². The smallest absolute Gasteiger partial charge is 0.307 e. The van der Waals surface area contributed by atoms with Gasteiger partial charge in [0.15, 0.2) is 0 Å². The Hall–Kier alpha value is -1.99. The second-order valence-corrected chi connectivity index (χ2v) is 6.56. The average molecular weight is 378 g/mol. The van der Waals surface area contributed by atoms with E-state index >= 15 is 0 Å². The van der Waals surface area contributed by atoms with E-state index in [-0.39, 0.29) is 6.42 Å². The number of carboxylic acid groups (broad SMARTS) is 1. The van der Waals surface area contributed by atoms with Crippen LogP contribution in [0.15, 0.2) is 35.1 Å². The van der Waals surface area contributed by atoms with Gasteiger partial charge in [-0.3, -0.25) is 9.48 Å². The van der Waals surface area contributed by atoms with E-state index in [1.807, 2.05) is 43.6 Å². The van der Waals surface area contributed by atoms with E-state index in [9.17, 15) is 9.90 Å². The Labute approximate surface area is 139 Å². The third kappa shape index (κ3) is 3.10. The van der Waals surface area contributed by atoms with Crippen LogP contribution in [0.3, 0.4) is 0 Å². The number of para-hydroxylation sites is 1. The summed E-state index contributed by atoms with van der Waals surface area (Å²) in [5.74, 6) is -0.884. The van der Waals surface area contributed by atoms with Crippen molar-refractivity contribution in [1.82, 2.24) is 14.8 Å². The molecule has 22 heavy (non-hydrogen) atoms. The highest BCUT2D eigenvalue weighted by atomic mass is 79.9. The van der Waals surface area contributed by atoms with Crippen molar-refractivity contribution in [1.29, 1.82) is 0 Å². The fourth-order valence-corrected chi connectivity index (χ4v) is 3.57. The van der Waals surface area contributed by atoms with E-state index in [1.54, 1.807) is 4.68 Å². The van der Waals surface area contributed by atoms with Crippen LogP contribution in [0.5, 0.6) is 0 Å². The number of nitrogens with zero attached hydrogens (tertiary/aromatic N) is 3. The molecular formula is C15H12BrN3O2S. The van der Waals surface area contributed by atoms with Gasteiger partial charge in [0.2, 0.25) is 0 Å². The summed E-state index contributed by atoms with van der Waals surface area (Å²) in [4.78, 5) is 15.7. The van der Waals surface area contributed by atoms with Crippen molar-refractivity contribution in [2.45, 2.75) is 6.42 Å². The van der Waals surface area contributed by atoms with Crippen LogP contribution in [0.2, 0.25) is 0 Å². The number of carboxylic acids is 1. The Bertz CT molecular complexity index is 849. The molecule has 0 atom stereocenters. The van der Waals surface area contributed by atoms with Gasteiger partial charge in [-0.15, -0.1) is 11.3 Å². The minimum Gasteiger partial charge on any atom is -0.481 e. The van der Waals surface area contributed by atoms with Gasteiger partial charge in [0.1, 0.15) is 9.61 Å². The molecular weight excluding hydrogens is 366 g/mol. The van der Waals surface area contributed by atoms with Crippen LogP contribution in [-0.4, -0.2) is 25.8 Å². The number of aliphatic carboxylic acids is 1. The zero-order valence-electron chi connectivity index (χ0n) is 11.7. The van der Waals surface area contributed by atoms with Crippen molar-refractivity contribution in [2.24, 2.45) is 7.05 Å². The predicted octanol–water partition coefficient (Wildman–Crippen LogP) is 3.81. The number of hydrogen-bond acceptors (Lipinski definition) is 4. The Morgan fingerprint density at radius 2 is 2.23 bits per heavy atom. The van der Waals surface area contributed by atoms with E-state index in [0.717, 1.165) is 20.8 Å².